The first-order chi connectivity index (χ1) is 13.2. The summed E-state index contributed by atoms with van der Waals surface area (Å²) < 4.78 is 0. The SMILES string of the molecule is [N-]=[N+]=NC(=O)C[C@H](NC(=O)CNC(=O)[C@@H](N)CCCN=C(N)N)C(=O)N=[N+]=[N-]. The zero-order chi connectivity index (χ0) is 21.5. The average molecular weight is 396 g/mol. The average Bonchev–Trinajstić information content (AvgIpc) is 2.62. The van der Waals surface area contributed by atoms with E-state index in [2.05, 4.69) is 35.7 Å². The number of amides is 4. The fourth-order valence-corrected chi connectivity index (χ4v) is 1.77. The Hall–Kier alpha value is -3.87. The molecular weight excluding hydrogens is 376 g/mol. The van der Waals surface area contributed by atoms with Crippen LogP contribution in [0.1, 0.15) is 19.3 Å². The molecule has 2 atom stereocenters. The molecule has 0 aromatic rings. The quantitative estimate of drug-likeness (QED) is 0.0654. The van der Waals surface area contributed by atoms with Crippen molar-refractivity contribution in [2.24, 2.45) is 32.4 Å². The van der Waals surface area contributed by atoms with Gasteiger partial charge in [0.2, 0.25) is 23.6 Å². The van der Waals surface area contributed by atoms with Crippen molar-refractivity contribution in [2.75, 3.05) is 13.1 Å². The Morgan fingerprint density at radius 2 is 1.71 bits per heavy atom. The minimum absolute atomic E-state index is 0.0847. The zero-order valence-electron chi connectivity index (χ0n) is 14.7. The van der Waals surface area contributed by atoms with Gasteiger partial charge in [0.1, 0.15) is 6.04 Å². The summed E-state index contributed by atoms with van der Waals surface area (Å²) in [5.41, 5.74) is 32.4. The molecule has 4 amide bonds. The highest BCUT2D eigenvalue weighted by atomic mass is 16.2. The molecule has 0 aromatic carbocycles. The molecule has 0 saturated carbocycles. The van der Waals surface area contributed by atoms with Gasteiger partial charge in [-0.15, -0.1) is 0 Å². The first kappa shape index (κ1) is 24.1. The lowest BCUT2D eigenvalue weighted by molar-refractivity contribution is -0.130. The fourth-order valence-electron chi connectivity index (χ4n) is 1.77. The molecule has 0 aromatic heterocycles. The first-order valence-electron chi connectivity index (χ1n) is 7.76. The molecule has 0 rings (SSSR count). The lowest BCUT2D eigenvalue weighted by atomic mass is 10.1. The summed E-state index contributed by atoms with van der Waals surface area (Å²) in [7, 11) is 0. The monoisotopic (exact) mass is 396 g/mol. The summed E-state index contributed by atoms with van der Waals surface area (Å²) in [4.78, 5) is 54.8. The minimum Gasteiger partial charge on any atom is -0.370 e. The van der Waals surface area contributed by atoms with Gasteiger partial charge in [0.05, 0.1) is 12.6 Å². The van der Waals surface area contributed by atoms with Crippen molar-refractivity contribution in [1.82, 2.24) is 10.6 Å². The second-order valence-corrected chi connectivity index (χ2v) is 5.21. The third-order valence-electron chi connectivity index (χ3n) is 3.04. The van der Waals surface area contributed by atoms with Crippen LogP contribution >= 0.6 is 0 Å². The maximum atomic E-state index is 11.8. The van der Waals surface area contributed by atoms with E-state index in [1.165, 1.54) is 0 Å². The van der Waals surface area contributed by atoms with Crippen molar-refractivity contribution in [1.29, 1.82) is 0 Å². The lowest BCUT2D eigenvalue weighted by Crippen LogP contribution is -2.48. The number of azide groups is 2. The molecule has 16 heteroatoms. The van der Waals surface area contributed by atoms with Crippen LogP contribution < -0.4 is 27.8 Å². The van der Waals surface area contributed by atoms with Crippen LogP contribution in [0.4, 0.5) is 0 Å². The van der Waals surface area contributed by atoms with Crippen LogP contribution in [0.15, 0.2) is 15.2 Å². The molecule has 0 aliphatic heterocycles. The zero-order valence-corrected chi connectivity index (χ0v) is 14.7. The van der Waals surface area contributed by atoms with Gasteiger partial charge < -0.3 is 27.8 Å². The summed E-state index contributed by atoms with van der Waals surface area (Å²) in [5, 5.41) is 9.86. The van der Waals surface area contributed by atoms with E-state index in [-0.39, 0.29) is 18.9 Å². The number of carbonyl (C=O) groups is 4. The molecular formula is C12H20N12O4. The van der Waals surface area contributed by atoms with Crippen molar-refractivity contribution >= 4 is 29.6 Å². The Labute approximate surface area is 158 Å². The van der Waals surface area contributed by atoms with Crippen molar-refractivity contribution < 1.29 is 19.2 Å². The molecule has 0 aliphatic carbocycles. The summed E-state index contributed by atoms with van der Waals surface area (Å²) in [6, 6.07) is -2.47. The van der Waals surface area contributed by atoms with Crippen LogP contribution in [0.2, 0.25) is 0 Å². The molecule has 0 aliphatic rings. The van der Waals surface area contributed by atoms with Gasteiger partial charge in [-0.25, -0.2) is 0 Å². The number of guanidine groups is 1. The van der Waals surface area contributed by atoms with E-state index in [0.29, 0.717) is 6.42 Å². The molecule has 16 nitrogen and oxygen atoms in total. The summed E-state index contributed by atoms with van der Waals surface area (Å²) in [6.45, 7) is -0.275. The number of carbonyl (C=O) groups excluding carboxylic acids is 4. The summed E-state index contributed by atoms with van der Waals surface area (Å²) in [6.07, 6.45) is -0.0300. The molecule has 0 heterocycles. The molecule has 0 unspecified atom stereocenters. The van der Waals surface area contributed by atoms with Gasteiger partial charge in [-0.05, 0) is 34.1 Å². The Balaban J connectivity index is 4.59. The minimum atomic E-state index is -1.55. The normalized spacial score (nSPS) is 11.6. The van der Waals surface area contributed by atoms with Gasteiger partial charge in [0.25, 0.3) is 0 Å². The topological polar surface area (TPSA) is 280 Å². The molecule has 152 valence electrons. The highest BCUT2D eigenvalue weighted by Gasteiger charge is 2.23. The maximum Gasteiger partial charge on any atom is 0.241 e. The standard InChI is InChI=1S/C12H20N12O4/c13-6(2-1-3-18-12(14)15)10(27)19-5-9(26)20-7(11(28)22-24-17)4-8(25)21-23-16/h6-7H,1-5,13H2,(H,19,27)(H,20,26)(H4,14,15,18)/t6-,7-/m0/s1. The van der Waals surface area contributed by atoms with Crippen molar-refractivity contribution in [2.45, 2.75) is 31.3 Å². The summed E-state index contributed by atoms with van der Waals surface area (Å²) >= 11 is 0. The lowest BCUT2D eigenvalue weighted by Gasteiger charge is -2.15. The van der Waals surface area contributed by atoms with Crippen molar-refractivity contribution in [3.8, 4) is 0 Å². The van der Waals surface area contributed by atoms with Gasteiger partial charge in [0, 0.05) is 22.8 Å². The van der Waals surface area contributed by atoms with E-state index in [0.717, 1.165) is 0 Å². The predicted octanol–water partition coefficient (Wildman–Crippen LogP) is -1.97. The smallest absolute Gasteiger partial charge is 0.241 e. The van der Waals surface area contributed by atoms with E-state index in [9.17, 15) is 19.2 Å². The van der Waals surface area contributed by atoms with Crippen molar-refractivity contribution in [3.05, 3.63) is 20.9 Å². The largest absolute Gasteiger partial charge is 0.370 e. The van der Waals surface area contributed by atoms with Gasteiger partial charge in [-0.1, -0.05) is 0 Å². The number of aliphatic imine (C=N–C) groups is 1. The Morgan fingerprint density at radius 3 is 2.29 bits per heavy atom. The third kappa shape index (κ3) is 10.9. The van der Waals surface area contributed by atoms with E-state index in [4.69, 9.17) is 28.3 Å². The fraction of sp³-hybridized carbons (Fsp3) is 0.583. The number of nitrogens with one attached hydrogen (secondary N) is 2. The molecule has 0 spiro atoms. The highest BCUT2D eigenvalue weighted by Crippen LogP contribution is 1.99. The molecule has 8 N–H and O–H groups in total. The predicted molar refractivity (Wildman–Crippen MR) is 95.7 cm³/mol. The number of rotatable bonds is 11. The van der Waals surface area contributed by atoms with Crippen LogP contribution in [0.3, 0.4) is 0 Å². The van der Waals surface area contributed by atoms with Gasteiger partial charge >= 0.3 is 0 Å². The van der Waals surface area contributed by atoms with Crippen LogP contribution in [-0.2, 0) is 19.2 Å². The molecule has 28 heavy (non-hydrogen) atoms. The van der Waals surface area contributed by atoms with E-state index in [1.54, 1.807) is 0 Å². The maximum absolute atomic E-state index is 11.8. The third-order valence-corrected chi connectivity index (χ3v) is 3.04. The highest BCUT2D eigenvalue weighted by molar-refractivity contribution is 5.94. The Kier molecular flexibility index (Phi) is 11.5. The first-order valence-corrected chi connectivity index (χ1v) is 7.76. The number of nitrogens with zero attached hydrogens (tertiary/aromatic N) is 7. The van der Waals surface area contributed by atoms with E-state index >= 15 is 0 Å². The van der Waals surface area contributed by atoms with E-state index in [1.807, 2.05) is 0 Å². The van der Waals surface area contributed by atoms with Crippen LogP contribution in [0.25, 0.3) is 20.9 Å². The molecule has 0 bridgehead atoms. The Bertz CT molecular complexity index is 718. The van der Waals surface area contributed by atoms with Crippen LogP contribution in [0, 0.1) is 0 Å². The van der Waals surface area contributed by atoms with Crippen molar-refractivity contribution in [3.63, 3.8) is 0 Å². The summed E-state index contributed by atoms with van der Waals surface area (Å²) in [5.74, 6) is -3.80. The second kappa shape index (κ2) is 13.3. The number of hydrogen-bond acceptors (Lipinski definition) is 6. The van der Waals surface area contributed by atoms with E-state index < -0.39 is 48.7 Å². The van der Waals surface area contributed by atoms with Gasteiger partial charge in [-0.3, -0.25) is 24.2 Å². The Morgan fingerprint density at radius 1 is 1.07 bits per heavy atom. The molecule has 0 saturated heterocycles. The second-order valence-electron chi connectivity index (χ2n) is 5.21. The van der Waals surface area contributed by atoms with Crippen LogP contribution in [-0.4, -0.2) is 54.8 Å². The number of hydrogen-bond donors (Lipinski definition) is 5. The number of nitrogens with two attached hydrogens (primary N) is 3. The van der Waals surface area contributed by atoms with Gasteiger partial charge in [0.15, 0.2) is 5.96 Å². The van der Waals surface area contributed by atoms with Crippen LogP contribution in [0.5, 0.6) is 0 Å². The van der Waals surface area contributed by atoms with Gasteiger partial charge in [-0.2, -0.15) is 0 Å². The molecule has 0 fully saturated rings. The molecule has 0 radical (unpaired) electrons.